The van der Waals surface area contributed by atoms with Crippen molar-refractivity contribution in [3.63, 3.8) is 0 Å². The van der Waals surface area contributed by atoms with Crippen molar-refractivity contribution < 1.29 is 13.2 Å². The molecule has 1 aromatic heterocycles. The second kappa shape index (κ2) is 6.75. The van der Waals surface area contributed by atoms with Gasteiger partial charge >= 0.3 is 0 Å². The highest BCUT2D eigenvalue weighted by molar-refractivity contribution is 7.88. The SMILES string of the molecule is CS(=O)(=O)NC1CCc2c(ccc(=O)n2CC2CCOCC2)C1. The van der Waals surface area contributed by atoms with Crippen LogP contribution in [-0.2, 0) is 34.1 Å². The van der Waals surface area contributed by atoms with Crippen molar-refractivity contribution in [3.8, 4) is 0 Å². The molecule has 0 spiro atoms. The molecule has 1 aliphatic heterocycles. The Kier molecular flexibility index (Phi) is 4.89. The van der Waals surface area contributed by atoms with Crippen LogP contribution in [0.1, 0.15) is 30.5 Å². The van der Waals surface area contributed by atoms with E-state index in [4.69, 9.17) is 4.74 Å². The molecular formula is C16H24N2O4S. The molecule has 0 saturated carbocycles. The largest absolute Gasteiger partial charge is 0.381 e. The fraction of sp³-hybridized carbons (Fsp3) is 0.688. The number of hydrogen-bond donors (Lipinski definition) is 1. The summed E-state index contributed by atoms with van der Waals surface area (Å²) in [6.07, 6.45) is 5.30. The number of aromatic nitrogens is 1. The third kappa shape index (κ3) is 4.22. The van der Waals surface area contributed by atoms with E-state index in [0.29, 0.717) is 12.3 Å². The second-order valence-corrected chi connectivity index (χ2v) is 8.42. The van der Waals surface area contributed by atoms with Crippen molar-refractivity contribution in [1.29, 1.82) is 0 Å². The zero-order valence-corrected chi connectivity index (χ0v) is 14.3. The van der Waals surface area contributed by atoms with Gasteiger partial charge in [-0.25, -0.2) is 13.1 Å². The average Bonchev–Trinajstić information content (AvgIpc) is 2.50. The Morgan fingerprint density at radius 3 is 2.70 bits per heavy atom. The van der Waals surface area contributed by atoms with Crippen LogP contribution in [0.5, 0.6) is 0 Å². The Bertz CT molecular complexity index is 720. The van der Waals surface area contributed by atoms with Crippen molar-refractivity contribution in [3.05, 3.63) is 33.7 Å². The smallest absolute Gasteiger partial charge is 0.250 e. The number of rotatable bonds is 4. The highest BCUT2D eigenvalue weighted by Crippen LogP contribution is 2.23. The monoisotopic (exact) mass is 340 g/mol. The molecule has 2 aliphatic rings. The number of ether oxygens (including phenoxy) is 1. The normalized spacial score (nSPS) is 22.7. The van der Waals surface area contributed by atoms with Gasteiger partial charge in [-0.15, -0.1) is 0 Å². The van der Waals surface area contributed by atoms with Crippen LogP contribution in [0.4, 0.5) is 0 Å². The summed E-state index contributed by atoms with van der Waals surface area (Å²) >= 11 is 0. The topological polar surface area (TPSA) is 77.4 Å². The van der Waals surface area contributed by atoms with Crippen molar-refractivity contribution >= 4 is 10.0 Å². The van der Waals surface area contributed by atoms with Gasteiger partial charge in [-0.2, -0.15) is 0 Å². The molecule has 1 aromatic rings. The molecule has 2 heterocycles. The van der Waals surface area contributed by atoms with Crippen molar-refractivity contribution in [2.75, 3.05) is 19.5 Å². The Balaban J connectivity index is 1.80. The maximum absolute atomic E-state index is 12.3. The Labute approximate surface area is 136 Å². The van der Waals surface area contributed by atoms with Gasteiger partial charge in [0, 0.05) is 37.6 Å². The third-order valence-corrected chi connectivity index (χ3v) is 5.51. The summed E-state index contributed by atoms with van der Waals surface area (Å²) in [5, 5.41) is 0. The van der Waals surface area contributed by atoms with Gasteiger partial charge in [0.1, 0.15) is 0 Å². The van der Waals surface area contributed by atoms with Crippen molar-refractivity contribution in [1.82, 2.24) is 9.29 Å². The molecule has 0 bridgehead atoms. The number of nitrogens with zero attached hydrogens (tertiary/aromatic N) is 1. The van der Waals surface area contributed by atoms with E-state index in [9.17, 15) is 13.2 Å². The van der Waals surface area contributed by atoms with Crippen molar-refractivity contribution in [2.45, 2.75) is 44.7 Å². The molecule has 1 unspecified atom stereocenters. The van der Waals surface area contributed by atoms with E-state index in [1.165, 1.54) is 6.26 Å². The van der Waals surface area contributed by atoms with Crippen LogP contribution in [-0.4, -0.2) is 38.5 Å². The van der Waals surface area contributed by atoms with E-state index >= 15 is 0 Å². The minimum atomic E-state index is -3.20. The molecular weight excluding hydrogens is 316 g/mol. The van der Waals surface area contributed by atoms with Gasteiger partial charge in [0.2, 0.25) is 10.0 Å². The summed E-state index contributed by atoms with van der Waals surface area (Å²) < 4.78 is 32.8. The molecule has 1 fully saturated rings. The summed E-state index contributed by atoms with van der Waals surface area (Å²) in [5.41, 5.74) is 2.21. The quantitative estimate of drug-likeness (QED) is 0.874. The zero-order chi connectivity index (χ0) is 16.4. The predicted octanol–water partition coefficient (Wildman–Crippen LogP) is 0.681. The maximum Gasteiger partial charge on any atom is 0.250 e. The highest BCUT2D eigenvalue weighted by Gasteiger charge is 2.25. The first-order valence-corrected chi connectivity index (χ1v) is 10.1. The summed E-state index contributed by atoms with van der Waals surface area (Å²) in [6.45, 7) is 2.29. The standard InChI is InChI=1S/C16H24N2O4S/c1-23(20,21)17-14-3-4-15-13(10-14)2-5-16(19)18(15)11-12-6-8-22-9-7-12/h2,5,12,14,17H,3-4,6-11H2,1H3. The fourth-order valence-electron chi connectivity index (χ4n) is 3.61. The van der Waals surface area contributed by atoms with E-state index in [2.05, 4.69) is 4.72 Å². The van der Waals surface area contributed by atoms with Crippen LogP contribution < -0.4 is 10.3 Å². The van der Waals surface area contributed by atoms with E-state index in [1.807, 2.05) is 10.6 Å². The molecule has 1 atom stereocenters. The molecule has 0 aromatic carbocycles. The van der Waals surface area contributed by atoms with Crippen LogP contribution in [0.15, 0.2) is 16.9 Å². The number of hydrogen-bond acceptors (Lipinski definition) is 4. The first-order chi connectivity index (χ1) is 10.9. The summed E-state index contributed by atoms with van der Waals surface area (Å²) in [4.78, 5) is 12.3. The third-order valence-electron chi connectivity index (χ3n) is 4.75. The van der Waals surface area contributed by atoms with E-state index < -0.39 is 10.0 Å². The van der Waals surface area contributed by atoms with Gasteiger partial charge in [0.15, 0.2) is 0 Å². The molecule has 3 rings (SSSR count). The Morgan fingerprint density at radius 1 is 1.26 bits per heavy atom. The molecule has 1 saturated heterocycles. The minimum absolute atomic E-state index is 0.0461. The van der Waals surface area contributed by atoms with Crippen LogP contribution in [0, 0.1) is 5.92 Å². The number of sulfonamides is 1. The number of pyridine rings is 1. The van der Waals surface area contributed by atoms with Gasteiger partial charge in [0.05, 0.1) is 6.26 Å². The first kappa shape index (κ1) is 16.7. The van der Waals surface area contributed by atoms with Crippen LogP contribution >= 0.6 is 0 Å². The second-order valence-electron chi connectivity index (χ2n) is 6.64. The Hall–Kier alpha value is -1.18. The summed E-state index contributed by atoms with van der Waals surface area (Å²) in [5.74, 6) is 0.486. The lowest BCUT2D eigenvalue weighted by atomic mass is 9.91. The lowest BCUT2D eigenvalue weighted by Gasteiger charge is -2.29. The van der Waals surface area contributed by atoms with Crippen LogP contribution in [0.2, 0.25) is 0 Å². The fourth-order valence-corrected chi connectivity index (χ4v) is 4.42. The predicted molar refractivity (Wildman–Crippen MR) is 88.0 cm³/mol. The minimum Gasteiger partial charge on any atom is -0.381 e. The van der Waals surface area contributed by atoms with Crippen LogP contribution in [0.3, 0.4) is 0 Å². The van der Waals surface area contributed by atoms with Gasteiger partial charge < -0.3 is 9.30 Å². The Morgan fingerprint density at radius 2 is 2.00 bits per heavy atom. The lowest BCUT2D eigenvalue weighted by molar-refractivity contribution is 0.0606. The molecule has 0 radical (unpaired) electrons. The zero-order valence-electron chi connectivity index (χ0n) is 13.5. The average molecular weight is 340 g/mol. The molecule has 6 nitrogen and oxygen atoms in total. The summed E-state index contributed by atoms with van der Waals surface area (Å²) in [6, 6.07) is 3.39. The number of fused-ring (bicyclic) bond motifs is 1. The van der Waals surface area contributed by atoms with Gasteiger partial charge in [-0.1, -0.05) is 6.07 Å². The molecule has 0 amide bonds. The van der Waals surface area contributed by atoms with E-state index in [1.54, 1.807) is 6.07 Å². The lowest BCUT2D eigenvalue weighted by Crippen LogP contribution is -2.40. The summed E-state index contributed by atoms with van der Waals surface area (Å²) in [7, 11) is -3.20. The molecule has 7 heteroatoms. The van der Waals surface area contributed by atoms with Crippen LogP contribution in [0.25, 0.3) is 0 Å². The molecule has 23 heavy (non-hydrogen) atoms. The van der Waals surface area contributed by atoms with E-state index in [0.717, 1.165) is 56.7 Å². The van der Waals surface area contributed by atoms with Gasteiger partial charge in [-0.3, -0.25) is 4.79 Å². The van der Waals surface area contributed by atoms with Gasteiger partial charge in [-0.05, 0) is 43.6 Å². The first-order valence-electron chi connectivity index (χ1n) is 8.19. The van der Waals surface area contributed by atoms with Crippen molar-refractivity contribution in [2.24, 2.45) is 5.92 Å². The van der Waals surface area contributed by atoms with E-state index in [-0.39, 0.29) is 11.6 Å². The molecule has 1 N–H and O–H groups in total. The highest BCUT2D eigenvalue weighted by atomic mass is 32.2. The molecule has 1 aliphatic carbocycles. The molecule has 128 valence electrons. The van der Waals surface area contributed by atoms with Gasteiger partial charge in [0.25, 0.3) is 5.56 Å². The number of nitrogens with one attached hydrogen (secondary N) is 1. The maximum atomic E-state index is 12.3.